The van der Waals surface area contributed by atoms with Crippen molar-refractivity contribution in [3.8, 4) is 6.07 Å². The number of likely N-dealkylation sites (tertiary alicyclic amines) is 1. The number of nitrogens with two attached hydrogens (primary N) is 1. The number of benzene rings is 2. The molecule has 5 rings (SSSR count). The summed E-state index contributed by atoms with van der Waals surface area (Å²) in [6, 6.07) is 18.6. The summed E-state index contributed by atoms with van der Waals surface area (Å²) in [4.78, 5) is 58.3. The second-order valence-corrected chi connectivity index (χ2v) is 11.5. The molecule has 1 atom stereocenters. The monoisotopic (exact) mass is 570 g/mol. The predicted molar refractivity (Wildman–Crippen MR) is 157 cm³/mol. The Kier molecular flexibility index (Phi) is 8.76. The van der Waals surface area contributed by atoms with E-state index in [0.29, 0.717) is 43.6 Å². The number of anilines is 1. The third-order valence-electron chi connectivity index (χ3n) is 8.86. The van der Waals surface area contributed by atoms with Crippen molar-refractivity contribution in [3.63, 3.8) is 0 Å². The van der Waals surface area contributed by atoms with Crippen molar-refractivity contribution < 1.29 is 19.2 Å². The van der Waals surface area contributed by atoms with Crippen molar-refractivity contribution in [2.45, 2.75) is 75.5 Å². The number of amides is 4. The van der Waals surface area contributed by atoms with E-state index in [0.717, 1.165) is 37.7 Å². The lowest BCUT2D eigenvalue weighted by Gasteiger charge is -2.44. The lowest BCUT2D eigenvalue weighted by molar-refractivity contribution is -0.142. The molecule has 0 bridgehead atoms. The SMILES string of the molecule is N#Cc1cccc(CCC(=O)N2CCC3(CC2)C(=O)N(CC(=O)NC2CCCCC2)[C@H](C(N)=O)N3c2ccccc2)c1. The van der Waals surface area contributed by atoms with Crippen LogP contribution >= 0.6 is 0 Å². The summed E-state index contributed by atoms with van der Waals surface area (Å²) in [5, 5.41) is 12.2. The van der Waals surface area contributed by atoms with Crippen LogP contribution in [0.1, 0.15) is 62.5 Å². The number of hydrogen-bond acceptors (Lipinski definition) is 6. The number of hydrogen-bond donors (Lipinski definition) is 2. The van der Waals surface area contributed by atoms with Gasteiger partial charge in [-0.1, -0.05) is 49.6 Å². The topological polar surface area (TPSA) is 140 Å². The molecule has 2 aliphatic heterocycles. The molecule has 1 spiro atoms. The fourth-order valence-corrected chi connectivity index (χ4v) is 6.73. The Hall–Kier alpha value is -4.39. The van der Waals surface area contributed by atoms with Gasteiger partial charge < -0.3 is 25.8 Å². The van der Waals surface area contributed by atoms with Gasteiger partial charge in [-0.05, 0) is 61.9 Å². The summed E-state index contributed by atoms with van der Waals surface area (Å²) in [6.45, 7) is 0.415. The molecule has 1 saturated carbocycles. The van der Waals surface area contributed by atoms with Crippen LogP contribution in [-0.2, 0) is 25.6 Å². The van der Waals surface area contributed by atoms with E-state index < -0.39 is 17.6 Å². The van der Waals surface area contributed by atoms with Gasteiger partial charge in [-0.2, -0.15) is 5.26 Å². The molecule has 3 fully saturated rings. The molecule has 220 valence electrons. The number of nitriles is 1. The molecular formula is C32H38N6O4. The molecule has 0 unspecified atom stereocenters. The predicted octanol–water partition coefficient (Wildman–Crippen LogP) is 2.46. The van der Waals surface area contributed by atoms with E-state index in [1.807, 2.05) is 42.5 Å². The van der Waals surface area contributed by atoms with Gasteiger partial charge in [-0.25, -0.2) is 0 Å². The second kappa shape index (κ2) is 12.6. The zero-order valence-corrected chi connectivity index (χ0v) is 23.8. The molecule has 2 aromatic rings. The van der Waals surface area contributed by atoms with Crippen LogP contribution in [0.2, 0.25) is 0 Å². The van der Waals surface area contributed by atoms with Gasteiger partial charge in [-0.15, -0.1) is 0 Å². The summed E-state index contributed by atoms with van der Waals surface area (Å²) in [5.74, 6) is -1.33. The van der Waals surface area contributed by atoms with Gasteiger partial charge >= 0.3 is 0 Å². The molecular weight excluding hydrogens is 532 g/mol. The van der Waals surface area contributed by atoms with E-state index >= 15 is 0 Å². The Labute approximate surface area is 246 Å². The average Bonchev–Trinajstić information content (AvgIpc) is 3.24. The first kappa shape index (κ1) is 29.1. The van der Waals surface area contributed by atoms with E-state index in [1.54, 1.807) is 21.9 Å². The molecule has 42 heavy (non-hydrogen) atoms. The molecule has 0 aromatic heterocycles. The largest absolute Gasteiger partial charge is 0.366 e. The van der Waals surface area contributed by atoms with Crippen LogP contribution in [0.3, 0.4) is 0 Å². The van der Waals surface area contributed by atoms with Crippen LogP contribution in [-0.4, -0.2) is 70.8 Å². The fraction of sp³-hybridized carbons (Fsp3) is 0.469. The minimum Gasteiger partial charge on any atom is -0.366 e. The van der Waals surface area contributed by atoms with E-state index in [2.05, 4.69) is 11.4 Å². The number of carbonyl (C=O) groups is 4. The number of nitrogens with zero attached hydrogens (tertiary/aromatic N) is 4. The van der Waals surface area contributed by atoms with E-state index in [1.165, 1.54) is 4.90 Å². The zero-order chi connectivity index (χ0) is 29.7. The number of rotatable bonds is 8. The van der Waals surface area contributed by atoms with Crippen LogP contribution in [0.5, 0.6) is 0 Å². The molecule has 1 aliphatic carbocycles. The summed E-state index contributed by atoms with van der Waals surface area (Å²) in [6.07, 6.45) is 5.39. The highest BCUT2D eigenvalue weighted by molar-refractivity contribution is 6.03. The Morgan fingerprint density at radius 2 is 1.71 bits per heavy atom. The first-order valence-corrected chi connectivity index (χ1v) is 14.8. The first-order chi connectivity index (χ1) is 20.3. The van der Waals surface area contributed by atoms with Crippen LogP contribution in [0.25, 0.3) is 0 Å². The third-order valence-corrected chi connectivity index (χ3v) is 8.86. The number of primary amides is 1. The van der Waals surface area contributed by atoms with Gasteiger partial charge in [0.25, 0.3) is 11.8 Å². The van der Waals surface area contributed by atoms with Crippen molar-refractivity contribution >= 4 is 29.3 Å². The third kappa shape index (κ3) is 5.96. The standard InChI is InChI=1S/C32H38N6O4/c33-21-24-9-7-8-23(20-24)14-15-28(40)36-18-16-32(17-19-36)31(42)37(22-27(39)35-25-10-3-1-4-11-25)30(29(34)41)38(32)26-12-5-2-6-13-26/h2,5-9,12-13,20,25,30H,1,3-4,10-11,14-19,22H2,(H2,34,41)(H,35,39)/t30-/m0/s1. The number of para-hydroxylation sites is 1. The van der Waals surface area contributed by atoms with Gasteiger partial charge in [0.05, 0.1) is 11.6 Å². The van der Waals surface area contributed by atoms with Crippen LogP contribution in [0.15, 0.2) is 54.6 Å². The van der Waals surface area contributed by atoms with Crippen molar-refractivity contribution in [3.05, 3.63) is 65.7 Å². The highest BCUT2D eigenvalue weighted by Crippen LogP contribution is 2.42. The molecule has 10 heteroatoms. The van der Waals surface area contributed by atoms with Gasteiger partial charge in [0.2, 0.25) is 11.8 Å². The second-order valence-electron chi connectivity index (χ2n) is 11.5. The maximum absolute atomic E-state index is 14.2. The number of nitrogens with one attached hydrogen (secondary N) is 1. The van der Waals surface area contributed by atoms with E-state index in [4.69, 9.17) is 11.0 Å². The highest BCUT2D eigenvalue weighted by atomic mass is 16.2. The average molecular weight is 571 g/mol. The first-order valence-electron chi connectivity index (χ1n) is 14.8. The maximum atomic E-state index is 14.2. The Morgan fingerprint density at radius 3 is 2.38 bits per heavy atom. The maximum Gasteiger partial charge on any atom is 0.261 e. The Morgan fingerprint density at radius 1 is 1.00 bits per heavy atom. The number of aryl methyl sites for hydroxylation is 1. The minimum atomic E-state index is -1.12. The Bertz CT molecular complexity index is 1360. The smallest absolute Gasteiger partial charge is 0.261 e. The molecule has 10 nitrogen and oxygen atoms in total. The van der Waals surface area contributed by atoms with Crippen LogP contribution in [0.4, 0.5) is 5.69 Å². The van der Waals surface area contributed by atoms with Gasteiger partial charge in [0, 0.05) is 31.2 Å². The molecule has 3 N–H and O–H groups in total. The lowest BCUT2D eigenvalue weighted by Crippen LogP contribution is -2.59. The van der Waals surface area contributed by atoms with Crippen molar-refractivity contribution in [1.29, 1.82) is 5.26 Å². The van der Waals surface area contributed by atoms with E-state index in [9.17, 15) is 19.2 Å². The van der Waals surface area contributed by atoms with Crippen molar-refractivity contribution in [1.82, 2.24) is 15.1 Å². The molecule has 2 saturated heterocycles. The molecule has 3 aliphatic rings. The summed E-state index contributed by atoms with van der Waals surface area (Å²) in [5.41, 5.74) is 6.97. The van der Waals surface area contributed by atoms with E-state index in [-0.39, 0.29) is 36.7 Å². The van der Waals surface area contributed by atoms with Crippen molar-refractivity contribution in [2.24, 2.45) is 5.73 Å². The van der Waals surface area contributed by atoms with Crippen LogP contribution in [0, 0.1) is 11.3 Å². The molecule has 2 aromatic carbocycles. The minimum absolute atomic E-state index is 0.0286. The van der Waals surface area contributed by atoms with Gasteiger partial charge in [0.15, 0.2) is 6.17 Å². The highest BCUT2D eigenvalue weighted by Gasteiger charge is 2.60. The molecule has 4 amide bonds. The summed E-state index contributed by atoms with van der Waals surface area (Å²) in [7, 11) is 0. The van der Waals surface area contributed by atoms with Gasteiger partial charge in [0.1, 0.15) is 12.1 Å². The quantitative estimate of drug-likeness (QED) is 0.500. The summed E-state index contributed by atoms with van der Waals surface area (Å²) >= 11 is 0. The zero-order valence-electron chi connectivity index (χ0n) is 23.8. The Balaban J connectivity index is 1.33. The number of piperidine rings is 1. The summed E-state index contributed by atoms with van der Waals surface area (Å²) < 4.78 is 0. The molecule has 0 radical (unpaired) electrons. The van der Waals surface area contributed by atoms with Gasteiger partial charge in [-0.3, -0.25) is 19.2 Å². The normalized spacial score (nSPS) is 20.4. The van der Waals surface area contributed by atoms with Crippen LogP contribution < -0.4 is 16.0 Å². The molecule has 2 heterocycles. The number of carbonyl (C=O) groups excluding carboxylic acids is 4. The fourth-order valence-electron chi connectivity index (χ4n) is 6.73. The van der Waals surface area contributed by atoms with Crippen molar-refractivity contribution in [2.75, 3.05) is 24.5 Å². The lowest BCUT2D eigenvalue weighted by atomic mass is 9.85.